The van der Waals surface area contributed by atoms with Gasteiger partial charge in [0, 0.05) is 10.9 Å². The molecule has 56 valence electrons. The van der Waals surface area contributed by atoms with Crippen LogP contribution in [-0.4, -0.2) is 7.05 Å². The van der Waals surface area contributed by atoms with Gasteiger partial charge in [-0.15, -0.1) is 11.3 Å². The summed E-state index contributed by atoms with van der Waals surface area (Å²) in [4.78, 5) is 1.45. The van der Waals surface area contributed by atoms with E-state index in [1.54, 1.807) is 0 Å². The molecule has 0 bridgehead atoms. The normalized spacial score (nSPS) is 13.5. The largest absolute Gasteiger partial charge is 0.313 e. The molecule has 1 heterocycles. The zero-order chi connectivity index (χ0) is 7.56. The summed E-state index contributed by atoms with van der Waals surface area (Å²) in [5.41, 5.74) is 1.40. The molecule has 0 unspecified atom stereocenters. The summed E-state index contributed by atoms with van der Waals surface area (Å²) in [7, 11) is 1.99. The SMILES string of the molecule is CN[C@@H](C)c1sccc1C. The van der Waals surface area contributed by atoms with Crippen molar-refractivity contribution in [2.45, 2.75) is 19.9 Å². The van der Waals surface area contributed by atoms with Crippen molar-refractivity contribution in [1.82, 2.24) is 5.32 Å². The molecule has 0 aromatic carbocycles. The molecule has 1 rings (SSSR count). The lowest BCUT2D eigenvalue weighted by Crippen LogP contribution is -2.11. The van der Waals surface area contributed by atoms with Crippen LogP contribution in [0.2, 0.25) is 0 Å². The van der Waals surface area contributed by atoms with Gasteiger partial charge in [0.2, 0.25) is 0 Å². The molecule has 10 heavy (non-hydrogen) atoms. The van der Waals surface area contributed by atoms with Crippen molar-refractivity contribution in [2.75, 3.05) is 7.05 Å². The van der Waals surface area contributed by atoms with E-state index in [0.29, 0.717) is 6.04 Å². The predicted molar refractivity (Wildman–Crippen MR) is 46.5 cm³/mol. The summed E-state index contributed by atoms with van der Waals surface area (Å²) in [6, 6.07) is 2.66. The molecular formula is C8H13NS. The van der Waals surface area contributed by atoms with Crippen molar-refractivity contribution in [3.63, 3.8) is 0 Å². The smallest absolute Gasteiger partial charge is 0.0386 e. The average molecular weight is 155 g/mol. The summed E-state index contributed by atoms with van der Waals surface area (Å²) < 4.78 is 0. The Balaban J connectivity index is 2.82. The Morgan fingerprint density at radius 2 is 2.30 bits per heavy atom. The zero-order valence-corrected chi connectivity index (χ0v) is 7.46. The van der Waals surface area contributed by atoms with Gasteiger partial charge in [0.1, 0.15) is 0 Å². The average Bonchev–Trinajstić information content (AvgIpc) is 2.34. The number of rotatable bonds is 2. The highest BCUT2D eigenvalue weighted by molar-refractivity contribution is 7.10. The van der Waals surface area contributed by atoms with E-state index in [4.69, 9.17) is 0 Å². The van der Waals surface area contributed by atoms with Gasteiger partial charge >= 0.3 is 0 Å². The van der Waals surface area contributed by atoms with Gasteiger partial charge in [-0.2, -0.15) is 0 Å². The lowest BCUT2D eigenvalue weighted by atomic mass is 10.2. The number of hydrogen-bond donors (Lipinski definition) is 1. The van der Waals surface area contributed by atoms with Gasteiger partial charge in [0.05, 0.1) is 0 Å². The quantitative estimate of drug-likeness (QED) is 0.691. The maximum atomic E-state index is 3.22. The van der Waals surface area contributed by atoms with Crippen LogP contribution < -0.4 is 5.32 Å². The van der Waals surface area contributed by atoms with Gasteiger partial charge in [0.15, 0.2) is 0 Å². The van der Waals surface area contributed by atoms with E-state index in [-0.39, 0.29) is 0 Å². The Morgan fingerprint density at radius 3 is 2.70 bits per heavy atom. The van der Waals surface area contributed by atoms with E-state index in [1.165, 1.54) is 10.4 Å². The van der Waals surface area contributed by atoms with Crippen molar-refractivity contribution in [3.8, 4) is 0 Å². The van der Waals surface area contributed by atoms with Crippen molar-refractivity contribution >= 4 is 11.3 Å². The van der Waals surface area contributed by atoms with Crippen molar-refractivity contribution in [1.29, 1.82) is 0 Å². The lowest BCUT2D eigenvalue weighted by molar-refractivity contribution is 0.661. The van der Waals surface area contributed by atoms with Crippen LogP contribution >= 0.6 is 11.3 Å². The molecule has 0 aliphatic rings. The Hall–Kier alpha value is -0.340. The molecule has 1 atom stereocenters. The molecule has 0 fully saturated rings. The highest BCUT2D eigenvalue weighted by Gasteiger charge is 2.05. The monoisotopic (exact) mass is 155 g/mol. The van der Waals surface area contributed by atoms with Crippen LogP contribution in [0.5, 0.6) is 0 Å². The van der Waals surface area contributed by atoms with Crippen molar-refractivity contribution < 1.29 is 0 Å². The van der Waals surface area contributed by atoms with Gasteiger partial charge in [0.25, 0.3) is 0 Å². The first-order valence-electron chi connectivity index (χ1n) is 3.47. The second kappa shape index (κ2) is 3.17. The van der Waals surface area contributed by atoms with E-state index in [2.05, 4.69) is 30.6 Å². The first kappa shape index (κ1) is 7.76. The van der Waals surface area contributed by atoms with Crippen LogP contribution in [0, 0.1) is 6.92 Å². The molecule has 0 amide bonds. The van der Waals surface area contributed by atoms with Gasteiger partial charge in [-0.25, -0.2) is 0 Å². The minimum atomic E-state index is 0.500. The summed E-state index contributed by atoms with van der Waals surface area (Å²) in [6.45, 7) is 4.33. The molecule has 2 heteroatoms. The molecular weight excluding hydrogens is 142 g/mol. The van der Waals surface area contributed by atoms with Crippen LogP contribution in [0.4, 0.5) is 0 Å². The van der Waals surface area contributed by atoms with E-state index in [1.807, 2.05) is 18.4 Å². The molecule has 1 aromatic rings. The number of hydrogen-bond acceptors (Lipinski definition) is 2. The first-order chi connectivity index (χ1) is 4.75. The second-order valence-electron chi connectivity index (χ2n) is 2.48. The van der Waals surface area contributed by atoms with Gasteiger partial charge in [-0.05, 0) is 37.9 Å². The van der Waals surface area contributed by atoms with E-state index >= 15 is 0 Å². The Labute approximate surface area is 66.1 Å². The second-order valence-corrected chi connectivity index (χ2v) is 3.43. The standard InChI is InChI=1S/C8H13NS/c1-6-4-5-10-8(6)7(2)9-3/h4-5,7,9H,1-3H3/t7-/m0/s1. The highest BCUT2D eigenvalue weighted by Crippen LogP contribution is 2.22. The third-order valence-electron chi connectivity index (χ3n) is 1.73. The molecule has 0 aliphatic heterocycles. The van der Waals surface area contributed by atoms with E-state index in [0.717, 1.165) is 0 Å². The fraction of sp³-hybridized carbons (Fsp3) is 0.500. The van der Waals surface area contributed by atoms with Crippen LogP contribution in [0.3, 0.4) is 0 Å². The molecule has 0 saturated carbocycles. The first-order valence-corrected chi connectivity index (χ1v) is 4.35. The Morgan fingerprint density at radius 1 is 1.60 bits per heavy atom. The third-order valence-corrected chi connectivity index (χ3v) is 2.93. The van der Waals surface area contributed by atoms with Gasteiger partial charge in [-0.3, -0.25) is 0 Å². The predicted octanol–water partition coefficient (Wildman–Crippen LogP) is 2.34. The summed E-state index contributed by atoms with van der Waals surface area (Å²) in [6.07, 6.45) is 0. The number of nitrogens with one attached hydrogen (secondary N) is 1. The molecule has 0 saturated heterocycles. The van der Waals surface area contributed by atoms with Crippen LogP contribution in [0.1, 0.15) is 23.4 Å². The van der Waals surface area contributed by atoms with Crippen molar-refractivity contribution in [2.24, 2.45) is 0 Å². The topological polar surface area (TPSA) is 12.0 Å². The molecule has 1 N–H and O–H groups in total. The van der Waals surface area contributed by atoms with Crippen LogP contribution in [-0.2, 0) is 0 Å². The minimum Gasteiger partial charge on any atom is -0.313 e. The van der Waals surface area contributed by atoms with Gasteiger partial charge in [-0.1, -0.05) is 0 Å². The fourth-order valence-electron chi connectivity index (χ4n) is 0.959. The third kappa shape index (κ3) is 1.39. The zero-order valence-electron chi connectivity index (χ0n) is 6.64. The Kier molecular flexibility index (Phi) is 2.46. The minimum absolute atomic E-state index is 0.500. The van der Waals surface area contributed by atoms with Crippen LogP contribution in [0.15, 0.2) is 11.4 Å². The number of thiophene rings is 1. The molecule has 0 spiro atoms. The molecule has 0 aliphatic carbocycles. The fourth-order valence-corrected chi connectivity index (χ4v) is 1.95. The number of aryl methyl sites for hydroxylation is 1. The van der Waals surface area contributed by atoms with E-state index in [9.17, 15) is 0 Å². The highest BCUT2D eigenvalue weighted by atomic mass is 32.1. The molecule has 1 aromatic heterocycles. The Bertz CT molecular complexity index is 205. The maximum Gasteiger partial charge on any atom is 0.0386 e. The summed E-state index contributed by atoms with van der Waals surface area (Å²) in [5.74, 6) is 0. The molecule has 1 nitrogen and oxygen atoms in total. The van der Waals surface area contributed by atoms with E-state index < -0.39 is 0 Å². The lowest BCUT2D eigenvalue weighted by Gasteiger charge is -2.07. The summed E-state index contributed by atoms with van der Waals surface area (Å²) in [5, 5.41) is 5.36. The molecule has 0 radical (unpaired) electrons. The maximum absolute atomic E-state index is 3.22. The van der Waals surface area contributed by atoms with Gasteiger partial charge < -0.3 is 5.32 Å². The van der Waals surface area contributed by atoms with Crippen molar-refractivity contribution in [3.05, 3.63) is 21.9 Å². The summed E-state index contributed by atoms with van der Waals surface area (Å²) >= 11 is 1.82. The van der Waals surface area contributed by atoms with Crippen LogP contribution in [0.25, 0.3) is 0 Å².